The monoisotopic (exact) mass is 464 g/mol. The van der Waals surface area contributed by atoms with Gasteiger partial charge < -0.3 is 14.7 Å². The van der Waals surface area contributed by atoms with Crippen LogP contribution in [-0.4, -0.2) is 64.5 Å². The van der Waals surface area contributed by atoms with Crippen molar-refractivity contribution in [3.05, 3.63) is 60.5 Å². The summed E-state index contributed by atoms with van der Waals surface area (Å²) in [7, 11) is 0. The fraction of sp³-hybridized carbons (Fsp3) is 0.346. The Hall–Kier alpha value is -3.52. The van der Waals surface area contributed by atoms with Crippen molar-refractivity contribution in [1.29, 1.82) is 0 Å². The standard InChI is InChI=1S/C26H29FN4O3/c1-26(2,3)34-25(33)17-30-10-12-31(13-11-30)21-7-4-18(5-8-21)19-14-23(29-28-16-19)22-15-20(27)6-9-24(22)32/h4-9,14-16,32H,10-13,17H2,1-3H3. The molecule has 2 heterocycles. The molecule has 1 aliphatic rings. The van der Waals surface area contributed by atoms with Crippen molar-refractivity contribution in [3.63, 3.8) is 0 Å². The second-order valence-corrected chi connectivity index (χ2v) is 9.39. The number of aromatic hydroxyl groups is 1. The quantitative estimate of drug-likeness (QED) is 0.569. The first-order valence-corrected chi connectivity index (χ1v) is 11.3. The smallest absolute Gasteiger partial charge is 0.320 e. The van der Waals surface area contributed by atoms with E-state index in [4.69, 9.17) is 4.74 Å². The summed E-state index contributed by atoms with van der Waals surface area (Å²) in [5.74, 6) is -0.688. The summed E-state index contributed by atoms with van der Waals surface area (Å²) in [5, 5.41) is 18.2. The Bertz CT molecular complexity index is 1150. The molecule has 1 aromatic heterocycles. The second-order valence-electron chi connectivity index (χ2n) is 9.39. The Morgan fingerprint density at radius 2 is 1.74 bits per heavy atom. The fourth-order valence-corrected chi connectivity index (χ4v) is 3.95. The van der Waals surface area contributed by atoms with Crippen LogP contribution in [0.3, 0.4) is 0 Å². The van der Waals surface area contributed by atoms with Crippen molar-refractivity contribution in [2.75, 3.05) is 37.6 Å². The number of benzene rings is 2. The van der Waals surface area contributed by atoms with Crippen LogP contribution in [0.4, 0.5) is 10.1 Å². The summed E-state index contributed by atoms with van der Waals surface area (Å²) in [6, 6.07) is 13.7. The lowest BCUT2D eigenvalue weighted by Gasteiger charge is -2.36. The van der Waals surface area contributed by atoms with E-state index in [1.54, 1.807) is 12.3 Å². The van der Waals surface area contributed by atoms with Crippen molar-refractivity contribution in [3.8, 4) is 28.1 Å². The molecule has 0 bridgehead atoms. The number of esters is 1. The molecule has 0 amide bonds. The zero-order chi connectivity index (χ0) is 24.3. The van der Waals surface area contributed by atoms with Gasteiger partial charge in [0.2, 0.25) is 0 Å². The van der Waals surface area contributed by atoms with Crippen molar-refractivity contribution in [1.82, 2.24) is 15.1 Å². The molecular weight excluding hydrogens is 435 g/mol. The lowest BCUT2D eigenvalue weighted by Crippen LogP contribution is -2.48. The van der Waals surface area contributed by atoms with E-state index < -0.39 is 11.4 Å². The van der Waals surface area contributed by atoms with Gasteiger partial charge in [-0.05, 0) is 62.7 Å². The number of aromatic nitrogens is 2. The van der Waals surface area contributed by atoms with Crippen LogP contribution in [0.1, 0.15) is 20.8 Å². The van der Waals surface area contributed by atoms with Gasteiger partial charge in [0.05, 0.1) is 18.4 Å². The van der Waals surface area contributed by atoms with Gasteiger partial charge in [-0.25, -0.2) is 4.39 Å². The minimum absolute atomic E-state index is 0.0472. The predicted octanol–water partition coefficient (Wildman–Crippen LogP) is 4.12. The number of hydrogen-bond donors (Lipinski definition) is 1. The van der Waals surface area contributed by atoms with Gasteiger partial charge in [-0.3, -0.25) is 9.69 Å². The zero-order valence-corrected chi connectivity index (χ0v) is 19.7. The third-order valence-electron chi connectivity index (χ3n) is 5.60. The molecule has 0 spiro atoms. The summed E-state index contributed by atoms with van der Waals surface area (Å²) >= 11 is 0. The second kappa shape index (κ2) is 9.77. The minimum atomic E-state index is -0.469. The van der Waals surface area contributed by atoms with Crippen LogP contribution in [-0.2, 0) is 9.53 Å². The van der Waals surface area contributed by atoms with Crippen LogP contribution < -0.4 is 4.90 Å². The molecule has 1 fully saturated rings. The highest BCUT2D eigenvalue weighted by molar-refractivity contribution is 5.74. The van der Waals surface area contributed by atoms with E-state index in [9.17, 15) is 14.3 Å². The summed E-state index contributed by atoms with van der Waals surface area (Å²) in [6.07, 6.45) is 1.64. The molecule has 0 saturated carbocycles. The van der Waals surface area contributed by atoms with E-state index in [1.807, 2.05) is 32.9 Å². The largest absolute Gasteiger partial charge is 0.507 e. The van der Waals surface area contributed by atoms with Crippen LogP contribution in [0, 0.1) is 5.82 Å². The average molecular weight is 465 g/mol. The van der Waals surface area contributed by atoms with Crippen molar-refractivity contribution in [2.45, 2.75) is 26.4 Å². The Kier molecular flexibility index (Phi) is 6.79. The lowest BCUT2D eigenvalue weighted by molar-refractivity contribution is -0.156. The lowest BCUT2D eigenvalue weighted by atomic mass is 10.0. The van der Waals surface area contributed by atoms with Gasteiger partial charge in [-0.2, -0.15) is 10.2 Å². The molecule has 8 heteroatoms. The Labute approximate surface area is 198 Å². The van der Waals surface area contributed by atoms with Gasteiger partial charge in [-0.1, -0.05) is 12.1 Å². The molecule has 0 aliphatic carbocycles. The number of rotatable bonds is 5. The van der Waals surface area contributed by atoms with Gasteiger partial charge in [-0.15, -0.1) is 0 Å². The fourth-order valence-electron chi connectivity index (χ4n) is 3.95. The molecule has 178 valence electrons. The van der Waals surface area contributed by atoms with Gasteiger partial charge in [0, 0.05) is 43.0 Å². The highest BCUT2D eigenvalue weighted by Gasteiger charge is 2.22. The van der Waals surface area contributed by atoms with Gasteiger partial charge in [0.1, 0.15) is 17.2 Å². The van der Waals surface area contributed by atoms with Gasteiger partial charge >= 0.3 is 5.97 Å². The van der Waals surface area contributed by atoms with Crippen molar-refractivity contribution >= 4 is 11.7 Å². The van der Waals surface area contributed by atoms with E-state index in [0.717, 1.165) is 43.0 Å². The maximum absolute atomic E-state index is 13.6. The maximum atomic E-state index is 13.6. The highest BCUT2D eigenvalue weighted by atomic mass is 19.1. The number of carbonyl (C=O) groups is 1. The molecule has 1 saturated heterocycles. The first-order valence-electron chi connectivity index (χ1n) is 11.3. The number of nitrogens with zero attached hydrogens (tertiary/aromatic N) is 4. The van der Waals surface area contributed by atoms with E-state index in [2.05, 4.69) is 32.1 Å². The molecule has 1 N–H and O–H groups in total. The van der Waals surface area contributed by atoms with Gasteiger partial charge in [0.25, 0.3) is 0 Å². The zero-order valence-electron chi connectivity index (χ0n) is 19.7. The normalized spacial score (nSPS) is 14.8. The number of ether oxygens (including phenoxy) is 1. The molecule has 7 nitrogen and oxygen atoms in total. The van der Waals surface area contributed by atoms with E-state index >= 15 is 0 Å². The average Bonchev–Trinajstić information content (AvgIpc) is 2.80. The van der Waals surface area contributed by atoms with E-state index in [-0.39, 0.29) is 11.7 Å². The van der Waals surface area contributed by atoms with Crippen LogP contribution in [0.5, 0.6) is 5.75 Å². The number of phenols is 1. The summed E-state index contributed by atoms with van der Waals surface area (Å²) < 4.78 is 19.1. The number of hydrogen-bond acceptors (Lipinski definition) is 7. The topological polar surface area (TPSA) is 78.8 Å². The van der Waals surface area contributed by atoms with Crippen molar-refractivity contribution < 1.29 is 19.0 Å². The number of piperazine rings is 1. The van der Waals surface area contributed by atoms with E-state index in [1.165, 1.54) is 18.2 Å². The van der Waals surface area contributed by atoms with Crippen LogP contribution in [0.15, 0.2) is 54.7 Å². The molecule has 0 atom stereocenters. The first kappa shape index (κ1) is 23.6. The Morgan fingerprint density at radius 1 is 1.03 bits per heavy atom. The Morgan fingerprint density at radius 3 is 2.41 bits per heavy atom. The molecule has 0 radical (unpaired) electrons. The van der Waals surface area contributed by atoms with Crippen LogP contribution >= 0.6 is 0 Å². The predicted molar refractivity (Wildman–Crippen MR) is 129 cm³/mol. The van der Waals surface area contributed by atoms with E-state index in [0.29, 0.717) is 17.8 Å². The molecule has 3 aromatic rings. The molecule has 1 aliphatic heterocycles. The first-order chi connectivity index (χ1) is 16.2. The maximum Gasteiger partial charge on any atom is 0.320 e. The minimum Gasteiger partial charge on any atom is -0.507 e. The number of halogens is 1. The summed E-state index contributed by atoms with van der Waals surface area (Å²) in [5.41, 5.74) is 3.10. The van der Waals surface area contributed by atoms with Gasteiger partial charge in [0.15, 0.2) is 0 Å². The van der Waals surface area contributed by atoms with Crippen LogP contribution in [0.2, 0.25) is 0 Å². The summed E-state index contributed by atoms with van der Waals surface area (Å²) in [6.45, 7) is 9.15. The number of phenolic OH excluding ortho intramolecular Hbond substituents is 1. The summed E-state index contributed by atoms with van der Waals surface area (Å²) in [4.78, 5) is 16.5. The van der Waals surface area contributed by atoms with Crippen LogP contribution in [0.25, 0.3) is 22.4 Å². The Balaban J connectivity index is 1.40. The number of carbonyl (C=O) groups excluding carboxylic acids is 1. The molecule has 0 unspecified atom stereocenters. The molecule has 2 aromatic carbocycles. The third-order valence-corrected chi connectivity index (χ3v) is 5.60. The van der Waals surface area contributed by atoms with Crippen molar-refractivity contribution in [2.24, 2.45) is 0 Å². The SMILES string of the molecule is CC(C)(C)OC(=O)CN1CCN(c2ccc(-c3cnnc(-c4cc(F)ccc4O)c3)cc2)CC1. The molecule has 34 heavy (non-hydrogen) atoms. The number of anilines is 1. The molecule has 4 rings (SSSR count). The highest BCUT2D eigenvalue weighted by Crippen LogP contribution is 2.31. The molecular formula is C26H29FN4O3. The third kappa shape index (κ3) is 5.88.